The number of likely N-dealkylation sites (N-methyl/N-ethyl adjacent to an activating group) is 1. The summed E-state index contributed by atoms with van der Waals surface area (Å²) < 4.78 is 0. The predicted octanol–water partition coefficient (Wildman–Crippen LogP) is 3.57. The van der Waals surface area contributed by atoms with Gasteiger partial charge in [-0.1, -0.05) is 41.0 Å². The summed E-state index contributed by atoms with van der Waals surface area (Å²) in [7, 11) is 1.97. The van der Waals surface area contributed by atoms with Gasteiger partial charge >= 0.3 is 6.03 Å². The summed E-state index contributed by atoms with van der Waals surface area (Å²) in [5.74, 6) is 0.598. The van der Waals surface area contributed by atoms with Crippen LogP contribution in [0, 0.1) is 11.3 Å². The van der Waals surface area contributed by atoms with E-state index in [1.807, 2.05) is 11.9 Å². The van der Waals surface area contributed by atoms with Crippen molar-refractivity contribution in [1.29, 1.82) is 0 Å². The zero-order valence-electron chi connectivity index (χ0n) is 15.8. The Labute approximate surface area is 137 Å². The zero-order valence-corrected chi connectivity index (χ0v) is 15.8. The maximum absolute atomic E-state index is 12.6. The van der Waals surface area contributed by atoms with Gasteiger partial charge in [-0.05, 0) is 44.2 Å². The van der Waals surface area contributed by atoms with Crippen LogP contribution in [-0.4, -0.2) is 54.6 Å². The normalized spacial score (nSPS) is 23.6. The molecule has 0 aromatic carbocycles. The molecule has 1 aliphatic carbocycles. The molecule has 1 rings (SSSR count). The molecule has 1 fully saturated rings. The number of carbonyl (C=O) groups is 1. The molecule has 4 nitrogen and oxygen atoms in total. The minimum Gasteiger partial charge on any atom is -0.334 e. The van der Waals surface area contributed by atoms with Crippen molar-refractivity contribution in [2.75, 3.05) is 26.7 Å². The van der Waals surface area contributed by atoms with E-state index >= 15 is 0 Å². The molecular weight excluding hydrogens is 274 g/mol. The number of nitrogens with one attached hydrogen (secondary N) is 1. The number of amides is 2. The number of hydrogen-bond acceptors (Lipinski definition) is 2. The Morgan fingerprint density at radius 3 is 2.32 bits per heavy atom. The van der Waals surface area contributed by atoms with E-state index in [1.54, 1.807) is 0 Å². The molecule has 130 valence electrons. The Morgan fingerprint density at radius 1 is 1.23 bits per heavy atom. The molecule has 0 aliphatic heterocycles. The molecule has 2 amide bonds. The summed E-state index contributed by atoms with van der Waals surface area (Å²) in [6.45, 7) is 16.3. The van der Waals surface area contributed by atoms with Crippen LogP contribution in [0.4, 0.5) is 4.79 Å². The average molecular weight is 312 g/mol. The molecule has 1 N–H and O–H groups in total. The number of rotatable bonds is 6. The monoisotopic (exact) mass is 311 g/mol. The fourth-order valence-electron chi connectivity index (χ4n) is 3.79. The highest BCUT2D eigenvalue weighted by atomic mass is 16.2. The molecule has 1 aliphatic rings. The summed E-state index contributed by atoms with van der Waals surface area (Å²) in [5, 5.41) is 3.17. The van der Waals surface area contributed by atoms with Crippen molar-refractivity contribution in [3.63, 3.8) is 0 Å². The lowest BCUT2D eigenvalue weighted by Gasteiger charge is -2.38. The van der Waals surface area contributed by atoms with E-state index in [0.717, 1.165) is 26.1 Å². The van der Waals surface area contributed by atoms with Crippen LogP contribution in [0.2, 0.25) is 0 Å². The Balaban J connectivity index is 2.57. The van der Waals surface area contributed by atoms with Crippen LogP contribution in [0.3, 0.4) is 0 Å². The summed E-state index contributed by atoms with van der Waals surface area (Å²) in [6, 6.07) is 0.644. The van der Waals surface area contributed by atoms with Crippen LogP contribution in [0.25, 0.3) is 0 Å². The highest BCUT2D eigenvalue weighted by Gasteiger charge is 2.39. The van der Waals surface area contributed by atoms with Crippen LogP contribution in [0.15, 0.2) is 0 Å². The van der Waals surface area contributed by atoms with Gasteiger partial charge in [0.2, 0.25) is 0 Å². The summed E-state index contributed by atoms with van der Waals surface area (Å²) in [4.78, 5) is 16.9. The van der Waals surface area contributed by atoms with Crippen molar-refractivity contribution in [1.82, 2.24) is 15.1 Å². The Bertz CT molecular complexity index is 347. The SMILES string of the molecule is CCN(CC)CC(C)NC(=O)N(C)C1CCCC1C(C)(C)C. The predicted molar refractivity (Wildman–Crippen MR) is 94.1 cm³/mol. The third kappa shape index (κ3) is 5.15. The fraction of sp³-hybridized carbons (Fsp3) is 0.944. The molecule has 22 heavy (non-hydrogen) atoms. The number of carbonyl (C=O) groups excluding carboxylic acids is 1. The first kappa shape index (κ1) is 19.3. The fourth-order valence-corrected chi connectivity index (χ4v) is 3.79. The van der Waals surface area contributed by atoms with Crippen molar-refractivity contribution in [3.05, 3.63) is 0 Å². The van der Waals surface area contributed by atoms with Crippen LogP contribution < -0.4 is 5.32 Å². The smallest absolute Gasteiger partial charge is 0.317 e. The third-order valence-corrected chi connectivity index (χ3v) is 5.21. The summed E-state index contributed by atoms with van der Waals surface area (Å²) in [6.07, 6.45) is 3.61. The molecule has 0 heterocycles. The largest absolute Gasteiger partial charge is 0.334 e. The lowest BCUT2D eigenvalue weighted by molar-refractivity contribution is 0.125. The van der Waals surface area contributed by atoms with E-state index in [1.165, 1.54) is 12.8 Å². The topological polar surface area (TPSA) is 35.6 Å². The average Bonchev–Trinajstić information content (AvgIpc) is 2.93. The molecule has 4 heteroatoms. The quantitative estimate of drug-likeness (QED) is 0.814. The molecule has 1 saturated carbocycles. The molecular formula is C18H37N3O. The van der Waals surface area contributed by atoms with Gasteiger partial charge in [-0.15, -0.1) is 0 Å². The zero-order chi connectivity index (χ0) is 16.9. The van der Waals surface area contributed by atoms with E-state index in [2.05, 4.69) is 51.8 Å². The van der Waals surface area contributed by atoms with Crippen molar-refractivity contribution in [2.45, 2.75) is 72.9 Å². The Kier molecular flexibility index (Phi) is 7.17. The minimum atomic E-state index is 0.0841. The molecule has 3 atom stereocenters. The number of hydrogen-bond donors (Lipinski definition) is 1. The van der Waals surface area contributed by atoms with Crippen LogP contribution in [-0.2, 0) is 0 Å². The van der Waals surface area contributed by atoms with Crippen molar-refractivity contribution >= 4 is 6.03 Å². The van der Waals surface area contributed by atoms with Crippen LogP contribution in [0.5, 0.6) is 0 Å². The second-order valence-electron chi connectivity index (χ2n) is 7.92. The van der Waals surface area contributed by atoms with Crippen molar-refractivity contribution < 1.29 is 4.79 Å². The first-order chi connectivity index (χ1) is 10.2. The van der Waals surface area contributed by atoms with Gasteiger partial charge < -0.3 is 15.1 Å². The van der Waals surface area contributed by atoms with Crippen molar-refractivity contribution in [2.24, 2.45) is 11.3 Å². The highest BCUT2D eigenvalue weighted by molar-refractivity contribution is 5.74. The number of nitrogens with zero attached hydrogens (tertiary/aromatic N) is 2. The third-order valence-electron chi connectivity index (χ3n) is 5.21. The Morgan fingerprint density at radius 2 is 1.82 bits per heavy atom. The van der Waals surface area contributed by atoms with Crippen LogP contribution in [0.1, 0.15) is 60.8 Å². The lowest BCUT2D eigenvalue weighted by atomic mass is 9.77. The van der Waals surface area contributed by atoms with Gasteiger partial charge in [-0.3, -0.25) is 0 Å². The second-order valence-corrected chi connectivity index (χ2v) is 7.92. The molecule has 0 aromatic rings. The van der Waals surface area contributed by atoms with Gasteiger partial charge in [0.25, 0.3) is 0 Å². The van der Waals surface area contributed by atoms with Crippen LogP contribution >= 0.6 is 0 Å². The molecule has 3 unspecified atom stereocenters. The Hall–Kier alpha value is -0.770. The van der Waals surface area contributed by atoms with Gasteiger partial charge in [0.05, 0.1) is 0 Å². The summed E-state index contributed by atoms with van der Waals surface area (Å²) >= 11 is 0. The van der Waals surface area contributed by atoms with E-state index in [-0.39, 0.29) is 17.5 Å². The summed E-state index contributed by atoms with van der Waals surface area (Å²) in [5.41, 5.74) is 0.266. The first-order valence-corrected chi connectivity index (χ1v) is 8.96. The van der Waals surface area contributed by atoms with Gasteiger partial charge in [0, 0.05) is 25.7 Å². The molecule has 0 saturated heterocycles. The lowest BCUT2D eigenvalue weighted by Crippen LogP contribution is -2.51. The van der Waals surface area contributed by atoms with Gasteiger partial charge in [-0.25, -0.2) is 4.79 Å². The van der Waals surface area contributed by atoms with E-state index < -0.39 is 0 Å². The maximum atomic E-state index is 12.6. The first-order valence-electron chi connectivity index (χ1n) is 8.96. The minimum absolute atomic E-state index is 0.0841. The molecule has 0 radical (unpaired) electrons. The molecule has 0 bridgehead atoms. The van der Waals surface area contributed by atoms with E-state index in [9.17, 15) is 4.79 Å². The van der Waals surface area contributed by atoms with Gasteiger partial charge in [-0.2, -0.15) is 0 Å². The second kappa shape index (κ2) is 8.19. The molecule has 0 aromatic heterocycles. The standard InChI is InChI=1S/C18H37N3O/c1-8-21(9-2)13-14(3)19-17(22)20(7)16-12-10-11-15(16)18(4,5)6/h14-16H,8-13H2,1-7H3,(H,19,22). The molecule has 0 spiro atoms. The van der Waals surface area contributed by atoms with E-state index in [0.29, 0.717) is 12.0 Å². The highest BCUT2D eigenvalue weighted by Crippen LogP contribution is 2.41. The van der Waals surface area contributed by atoms with Crippen molar-refractivity contribution in [3.8, 4) is 0 Å². The van der Waals surface area contributed by atoms with Gasteiger partial charge in [0.15, 0.2) is 0 Å². The number of urea groups is 1. The maximum Gasteiger partial charge on any atom is 0.317 e. The van der Waals surface area contributed by atoms with E-state index in [4.69, 9.17) is 0 Å². The van der Waals surface area contributed by atoms with Gasteiger partial charge in [0.1, 0.15) is 0 Å².